The average molecular weight is 263 g/mol. The van der Waals surface area contributed by atoms with E-state index in [2.05, 4.69) is 24.3 Å². The van der Waals surface area contributed by atoms with Crippen LogP contribution in [-0.2, 0) is 0 Å². The molecule has 4 fully saturated rings. The van der Waals surface area contributed by atoms with E-state index in [4.69, 9.17) is 0 Å². The third-order valence-corrected chi connectivity index (χ3v) is 5.74. The van der Waals surface area contributed by atoms with Gasteiger partial charge in [-0.15, -0.1) is 0 Å². The summed E-state index contributed by atoms with van der Waals surface area (Å²) >= 11 is 0. The lowest BCUT2D eigenvalue weighted by molar-refractivity contribution is -0.0234. The monoisotopic (exact) mass is 263 g/mol. The van der Waals surface area contributed by atoms with E-state index in [-0.39, 0.29) is 0 Å². The number of rotatable bonds is 2. The maximum absolute atomic E-state index is 9.56. The van der Waals surface area contributed by atoms with Gasteiger partial charge in [0.25, 0.3) is 0 Å². The van der Waals surface area contributed by atoms with Crippen LogP contribution in [0.5, 0.6) is 0 Å². The summed E-state index contributed by atoms with van der Waals surface area (Å²) in [5, 5.41) is 9.56. The van der Waals surface area contributed by atoms with E-state index in [1.165, 1.54) is 38.5 Å². The summed E-state index contributed by atoms with van der Waals surface area (Å²) in [5.74, 6) is 2.81. The highest BCUT2D eigenvalue weighted by Gasteiger charge is 2.49. The summed E-state index contributed by atoms with van der Waals surface area (Å²) < 4.78 is 0. The Morgan fingerprint density at radius 1 is 1.00 bits per heavy atom. The maximum Gasteiger partial charge on any atom is 0.0994 e. The van der Waals surface area contributed by atoms with Crippen molar-refractivity contribution in [3.63, 3.8) is 0 Å². The molecule has 0 aromatic heterocycles. The van der Waals surface area contributed by atoms with Crippen molar-refractivity contribution in [1.29, 1.82) is 5.26 Å². The molecule has 0 unspecified atom stereocenters. The van der Waals surface area contributed by atoms with E-state index in [9.17, 15) is 5.26 Å². The van der Waals surface area contributed by atoms with Crippen LogP contribution in [0.15, 0.2) is 36.4 Å². The molecular formula is C19H21N. The van der Waals surface area contributed by atoms with Crippen LogP contribution >= 0.6 is 0 Å². The summed E-state index contributed by atoms with van der Waals surface area (Å²) in [6, 6.07) is 12.7. The van der Waals surface area contributed by atoms with E-state index in [1.807, 2.05) is 18.2 Å². The molecule has 5 rings (SSSR count). The number of benzene rings is 1. The molecule has 0 radical (unpaired) electrons. The topological polar surface area (TPSA) is 23.8 Å². The third-order valence-electron chi connectivity index (χ3n) is 5.74. The van der Waals surface area contributed by atoms with Gasteiger partial charge in [-0.2, -0.15) is 5.26 Å². The Labute approximate surface area is 121 Å². The highest BCUT2D eigenvalue weighted by molar-refractivity contribution is 5.77. The van der Waals surface area contributed by atoms with Crippen LogP contribution in [-0.4, -0.2) is 0 Å². The molecule has 0 amide bonds. The summed E-state index contributed by atoms with van der Waals surface area (Å²) in [6.45, 7) is 0. The normalized spacial score (nSPS) is 38.8. The van der Waals surface area contributed by atoms with Crippen LogP contribution in [0.3, 0.4) is 0 Å². The molecule has 20 heavy (non-hydrogen) atoms. The molecule has 4 aliphatic carbocycles. The quantitative estimate of drug-likeness (QED) is 0.702. The summed E-state index contributed by atoms with van der Waals surface area (Å²) in [4.78, 5) is 0. The van der Waals surface area contributed by atoms with Crippen molar-refractivity contribution in [3.8, 4) is 6.07 Å². The minimum Gasteiger partial charge on any atom is -0.192 e. The Balaban J connectivity index is 1.70. The van der Waals surface area contributed by atoms with E-state index >= 15 is 0 Å². The van der Waals surface area contributed by atoms with Crippen molar-refractivity contribution in [3.05, 3.63) is 42.0 Å². The first kappa shape index (κ1) is 12.2. The highest BCUT2D eigenvalue weighted by atomic mass is 14.5. The Bertz CT molecular complexity index is 540. The predicted molar refractivity (Wildman–Crippen MR) is 80.6 cm³/mol. The van der Waals surface area contributed by atoms with Gasteiger partial charge in [0.2, 0.25) is 0 Å². The number of hydrogen-bond acceptors (Lipinski definition) is 1. The van der Waals surface area contributed by atoms with Crippen LogP contribution in [0.1, 0.15) is 44.1 Å². The first-order chi connectivity index (χ1) is 9.76. The van der Waals surface area contributed by atoms with Gasteiger partial charge in [0, 0.05) is 0 Å². The zero-order valence-electron chi connectivity index (χ0n) is 11.9. The van der Waals surface area contributed by atoms with Crippen LogP contribution in [0.25, 0.3) is 5.57 Å². The summed E-state index contributed by atoms with van der Waals surface area (Å²) in [5.41, 5.74) is 2.33. The largest absolute Gasteiger partial charge is 0.192 e. The van der Waals surface area contributed by atoms with Crippen LogP contribution in [0, 0.1) is 34.5 Å². The van der Waals surface area contributed by atoms with Gasteiger partial charge < -0.3 is 0 Å². The van der Waals surface area contributed by atoms with Crippen LogP contribution in [0.2, 0.25) is 0 Å². The Kier molecular flexibility index (Phi) is 2.74. The lowest BCUT2D eigenvalue weighted by Gasteiger charge is -2.56. The third kappa shape index (κ3) is 1.99. The molecule has 0 atom stereocenters. The van der Waals surface area contributed by atoms with Gasteiger partial charge in [0.1, 0.15) is 0 Å². The molecule has 4 saturated carbocycles. The van der Waals surface area contributed by atoms with Gasteiger partial charge in [0.05, 0.1) is 11.6 Å². The molecule has 0 saturated heterocycles. The second-order valence-corrected chi connectivity index (χ2v) is 7.32. The zero-order valence-corrected chi connectivity index (χ0v) is 11.9. The smallest absolute Gasteiger partial charge is 0.0994 e. The van der Waals surface area contributed by atoms with Crippen molar-refractivity contribution in [2.75, 3.05) is 0 Å². The lowest BCUT2D eigenvalue weighted by Crippen LogP contribution is -2.45. The van der Waals surface area contributed by atoms with Gasteiger partial charge in [0.15, 0.2) is 0 Å². The molecule has 0 aliphatic heterocycles. The van der Waals surface area contributed by atoms with Crippen molar-refractivity contribution < 1.29 is 0 Å². The first-order valence-electron chi connectivity index (χ1n) is 7.95. The molecule has 4 aliphatic rings. The second kappa shape index (κ2) is 4.48. The molecule has 1 nitrogen and oxygen atoms in total. The molecule has 1 aromatic carbocycles. The van der Waals surface area contributed by atoms with Gasteiger partial charge in [-0.25, -0.2) is 0 Å². The Morgan fingerprint density at radius 3 is 2.05 bits per heavy atom. The van der Waals surface area contributed by atoms with E-state index in [0.717, 1.165) is 28.9 Å². The fourth-order valence-electron chi connectivity index (χ4n) is 5.46. The molecule has 102 valence electrons. The Hall–Kier alpha value is -1.55. The fourth-order valence-corrected chi connectivity index (χ4v) is 5.46. The minimum atomic E-state index is 0.343. The molecule has 1 aromatic rings. The number of hydrogen-bond donors (Lipinski definition) is 0. The predicted octanol–water partition coefficient (Wildman–Crippen LogP) is 4.81. The van der Waals surface area contributed by atoms with E-state index in [1.54, 1.807) is 0 Å². The SMILES string of the molecule is N#CC(=CC12CC3CC(CC(C3)C1)C2)c1ccccc1. The van der Waals surface area contributed by atoms with Crippen molar-refractivity contribution in [1.82, 2.24) is 0 Å². The second-order valence-electron chi connectivity index (χ2n) is 7.32. The standard InChI is InChI=1S/C19H21N/c20-13-18(17-4-2-1-3-5-17)12-19-9-14-6-15(10-19)8-16(7-14)11-19/h1-5,12,14-16H,6-11H2. The molecule has 4 bridgehead atoms. The number of allylic oxidation sites excluding steroid dienone is 2. The summed E-state index contributed by atoms with van der Waals surface area (Å²) in [6.07, 6.45) is 10.7. The lowest BCUT2D eigenvalue weighted by atomic mass is 9.49. The van der Waals surface area contributed by atoms with Gasteiger partial charge in [-0.3, -0.25) is 0 Å². The number of nitrogens with zero attached hydrogens (tertiary/aromatic N) is 1. The van der Waals surface area contributed by atoms with Gasteiger partial charge in [-0.1, -0.05) is 36.4 Å². The first-order valence-corrected chi connectivity index (χ1v) is 7.95. The Morgan fingerprint density at radius 2 is 1.55 bits per heavy atom. The van der Waals surface area contributed by atoms with Gasteiger partial charge in [-0.05, 0) is 67.3 Å². The van der Waals surface area contributed by atoms with E-state index < -0.39 is 0 Å². The van der Waals surface area contributed by atoms with Crippen LogP contribution in [0.4, 0.5) is 0 Å². The van der Waals surface area contributed by atoms with Gasteiger partial charge >= 0.3 is 0 Å². The highest BCUT2D eigenvalue weighted by Crippen LogP contribution is 2.61. The molecule has 0 N–H and O–H groups in total. The van der Waals surface area contributed by atoms with Crippen molar-refractivity contribution >= 4 is 5.57 Å². The molecule has 0 spiro atoms. The molecule has 0 heterocycles. The molecular weight excluding hydrogens is 242 g/mol. The van der Waals surface area contributed by atoms with Crippen molar-refractivity contribution in [2.24, 2.45) is 23.2 Å². The minimum absolute atomic E-state index is 0.343. The zero-order chi connectivity index (χ0) is 13.6. The number of nitriles is 1. The maximum atomic E-state index is 9.56. The molecule has 1 heteroatoms. The average Bonchev–Trinajstić information content (AvgIpc) is 2.44. The van der Waals surface area contributed by atoms with E-state index in [0.29, 0.717) is 5.41 Å². The fraction of sp³-hybridized carbons (Fsp3) is 0.526. The summed E-state index contributed by atoms with van der Waals surface area (Å²) in [7, 11) is 0. The van der Waals surface area contributed by atoms with Crippen molar-refractivity contribution in [2.45, 2.75) is 38.5 Å². The van der Waals surface area contributed by atoms with Crippen LogP contribution < -0.4 is 0 Å².